The van der Waals surface area contributed by atoms with Crippen LogP contribution in [-0.2, 0) is 22.5 Å². The van der Waals surface area contributed by atoms with E-state index in [1.807, 2.05) is 35.0 Å². The number of carboxylic acid groups (broad SMARTS) is 1. The number of aryl methyl sites for hydroxylation is 1. The Labute approximate surface area is 215 Å². The van der Waals surface area contributed by atoms with Gasteiger partial charge in [0.25, 0.3) is 0 Å². The summed E-state index contributed by atoms with van der Waals surface area (Å²) in [5.74, 6) is -0.0549. The molecule has 5 nitrogen and oxygen atoms in total. The van der Waals surface area contributed by atoms with Crippen LogP contribution in [0.5, 0.6) is 0 Å². The van der Waals surface area contributed by atoms with Gasteiger partial charge in [-0.3, -0.25) is 9.59 Å². The van der Waals surface area contributed by atoms with Crippen LogP contribution in [0.3, 0.4) is 0 Å². The fraction of sp³-hybridized carbons (Fsp3) is 0.484. The number of aliphatic carboxylic acids is 1. The van der Waals surface area contributed by atoms with Crippen LogP contribution in [0, 0.1) is 5.92 Å². The minimum absolute atomic E-state index is 0.0595. The van der Waals surface area contributed by atoms with Crippen LogP contribution >= 0.6 is 0 Å². The van der Waals surface area contributed by atoms with Crippen LogP contribution in [0.1, 0.15) is 93.3 Å². The number of hydrogen-bond acceptors (Lipinski definition) is 3. The lowest BCUT2D eigenvalue weighted by Gasteiger charge is -2.19. The monoisotopic (exact) mass is 491 g/mol. The molecule has 0 aliphatic heterocycles. The molecule has 0 aliphatic rings. The smallest absolute Gasteiger partial charge is 0.303 e. The summed E-state index contributed by atoms with van der Waals surface area (Å²) in [5.41, 5.74) is 4.26. The predicted octanol–water partition coefficient (Wildman–Crippen LogP) is 7.62. The topological polar surface area (TPSA) is 68.5 Å². The molecule has 36 heavy (non-hydrogen) atoms. The van der Waals surface area contributed by atoms with Crippen molar-refractivity contribution in [2.45, 2.75) is 84.8 Å². The van der Waals surface area contributed by atoms with E-state index in [4.69, 9.17) is 9.84 Å². The second-order valence-corrected chi connectivity index (χ2v) is 10.1. The summed E-state index contributed by atoms with van der Waals surface area (Å²) >= 11 is 0. The number of aromatic nitrogens is 1. The van der Waals surface area contributed by atoms with Crippen molar-refractivity contribution in [3.8, 4) is 0 Å². The number of carbonyl (C=O) groups is 2. The molecule has 2 aromatic carbocycles. The molecule has 0 aliphatic carbocycles. The van der Waals surface area contributed by atoms with Gasteiger partial charge in [-0.05, 0) is 48.8 Å². The van der Waals surface area contributed by atoms with Crippen molar-refractivity contribution >= 4 is 22.7 Å². The van der Waals surface area contributed by atoms with Crippen LogP contribution in [0.4, 0.5) is 0 Å². The third kappa shape index (κ3) is 8.06. The van der Waals surface area contributed by atoms with E-state index in [2.05, 4.69) is 45.0 Å². The molecule has 5 heteroatoms. The number of unbranched alkanes of at least 4 members (excludes halogenated alkanes) is 1. The third-order valence-electron chi connectivity index (χ3n) is 6.56. The summed E-state index contributed by atoms with van der Waals surface area (Å²) in [6.45, 7) is 7.79. The molecular weight excluding hydrogens is 450 g/mol. The number of benzene rings is 2. The van der Waals surface area contributed by atoms with E-state index in [1.54, 1.807) is 0 Å². The number of nitrogens with zero attached hydrogens (tertiary/aromatic N) is 1. The number of hydrogen-bond donors (Lipinski definition) is 1. The summed E-state index contributed by atoms with van der Waals surface area (Å²) in [5, 5.41) is 9.88. The zero-order chi connectivity index (χ0) is 25.9. The van der Waals surface area contributed by atoms with Gasteiger partial charge in [-0.2, -0.15) is 0 Å². The average molecular weight is 492 g/mol. The lowest BCUT2D eigenvalue weighted by Crippen LogP contribution is -2.08. The maximum atomic E-state index is 13.1. The highest BCUT2D eigenvalue weighted by Gasteiger charge is 2.16. The minimum Gasteiger partial charge on any atom is -0.481 e. The lowest BCUT2D eigenvalue weighted by atomic mass is 9.98. The molecule has 0 bridgehead atoms. The van der Waals surface area contributed by atoms with E-state index in [0.29, 0.717) is 43.9 Å². The quantitative estimate of drug-likeness (QED) is 0.165. The first kappa shape index (κ1) is 27.7. The zero-order valence-electron chi connectivity index (χ0n) is 22.0. The lowest BCUT2D eigenvalue weighted by molar-refractivity contribution is -0.137. The van der Waals surface area contributed by atoms with Gasteiger partial charge < -0.3 is 14.4 Å². The summed E-state index contributed by atoms with van der Waals surface area (Å²) in [7, 11) is 0. The van der Waals surface area contributed by atoms with Crippen molar-refractivity contribution < 1.29 is 19.4 Å². The number of carbonyl (C=O) groups excluding carboxylic acids is 1. The number of carboxylic acids is 1. The van der Waals surface area contributed by atoms with Gasteiger partial charge in [-0.1, -0.05) is 76.1 Å². The molecule has 0 saturated heterocycles. The first-order valence-corrected chi connectivity index (χ1v) is 13.4. The standard InChI is InChI=1S/C31H41NO4/c1-4-5-13-30(25-17-15-24(16-18-25)21-23(2)3)36-20-9-12-29(33)27-22-32(19-8-14-31(34)35)28-11-7-6-10-26(27)28/h6-7,10-11,15-18,22-23,30H,4-5,8-9,12-14,19-21H2,1-3H3,(H,34,35). The van der Waals surface area contributed by atoms with E-state index < -0.39 is 5.97 Å². The van der Waals surface area contributed by atoms with Gasteiger partial charge in [0.1, 0.15) is 0 Å². The molecule has 194 valence electrons. The summed E-state index contributed by atoms with van der Waals surface area (Å²) in [6.07, 6.45) is 8.00. The number of Topliss-reactive ketones (excluding diaryl/α,β-unsaturated/α-hetero) is 1. The second-order valence-electron chi connectivity index (χ2n) is 10.1. The number of para-hydroxylation sites is 1. The molecular formula is C31H41NO4. The SMILES string of the molecule is CCCCC(OCCCC(=O)c1cn(CCCC(=O)O)c2ccccc12)c1ccc(CC(C)C)cc1. The van der Waals surface area contributed by atoms with Crippen molar-refractivity contribution in [3.05, 3.63) is 71.4 Å². The van der Waals surface area contributed by atoms with Crippen LogP contribution in [0.25, 0.3) is 10.9 Å². The molecule has 0 spiro atoms. The van der Waals surface area contributed by atoms with E-state index in [1.165, 1.54) is 11.1 Å². The van der Waals surface area contributed by atoms with Gasteiger partial charge in [0.15, 0.2) is 5.78 Å². The molecule has 3 aromatic rings. The van der Waals surface area contributed by atoms with E-state index in [-0.39, 0.29) is 18.3 Å². The molecule has 1 atom stereocenters. The first-order chi connectivity index (χ1) is 17.4. The molecule has 0 fully saturated rings. The Morgan fingerprint density at radius 2 is 1.72 bits per heavy atom. The van der Waals surface area contributed by atoms with E-state index in [0.717, 1.165) is 36.6 Å². The number of rotatable bonds is 16. The highest BCUT2D eigenvalue weighted by Crippen LogP contribution is 2.26. The van der Waals surface area contributed by atoms with Crippen LogP contribution in [-0.4, -0.2) is 28.0 Å². The number of ether oxygens (including phenoxy) is 1. The normalized spacial score (nSPS) is 12.3. The Balaban J connectivity index is 1.58. The number of fused-ring (bicyclic) bond motifs is 1. The Hall–Kier alpha value is -2.92. The molecule has 3 rings (SSSR count). The Kier molecular flexibility index (Phi) is 10.7. The largest absolute Gasteiger partial charge is 0.481 e. The fourth-order valence-corrected chi connectivity index (χ4v) is 4.72. The molecule has 1 N–H and O–H groups in total. The Bertz CT molecular complexity index is 1110. The zero-order valence-corrected chi connectivity index (χ0v) is 22.0. The van der Waals surface area contributed by atoms with Gasteiger partial charge >= 0.3 is 5.97 Å². The van der Waals surface area contributed by atoms with Crippen molar-refractivity contribution in [2.24, 2.45) is 5.92 Å². The molecule has 1 aromatic heterocycles. The summed E-state index contributed by atoms with van der Waals surface area (Å²) < 4.78 is 8.30. The van der Waals surface area contributed by atoms with Gasteiger partial charge in [0.05, 0.1) is 6.10 Å². The van der Waals surface area contributed by atoms with Gasteiger partial charge in [-0.25, -0.2) is 0 Å². The van der Waals surface area contributed by atoms with Gasteiger partial charge in [0, 0.05) is 48.7 Å². The Morgan fingerprint density at radius 1 is 0.972 bits per heavy atom. The van der Waals surface area contributed by atoms with Crippen molar-refractivity contribution in [1.29, 1.82) is 0 Å². The molecule has 0 amide bonds. The average Bonchev–Trinajstić information content (AvgIpc) is 3.22. The van der Waals surface area contributed by atoms with Gasteiger partial charge in [0.2, 0.25) is 0 Å². The maximum absolute atomic E-state index is 13.1. The van der Waals surface area contributed by atoms with Crippen molar-refractivity contribution in [3.63, 3.8) is 0 Å². The summed E-state index contributed by atoms with van der Waals surface area (Å²) in [4.78, 5) is 24.0. The maximum Gasteiger partial charge on any atom is 0.303 e. The molecule has 1 unspecified atom stereocenters. The molecule has 1 heterocycles. The highest BCUT2D eigenvalue weighted by molar-refractivity contribution is 6.08. The number of ketones is 1. The van der Waals surface area contributed by atoms with E-state index in [9.17, 15) is 9.59 Å². The fourth-order valence-electron chi connectivity index (χ4n) is 4.72. The van der Waals surface area contributed by atoms with Crippen molar-refractivity contribution in [2.75, 3.05) is 6.61 Å². The summed E-state index contributed by atoms with van der Waals surface area (Å²) in [6, 6.07) is 16.7. The first-order valence-electron chi connectivity index (χ1n) is 13.4. The predicted molar refractivity (Wildman–Crippen MR) is 146 cm³/mol. The Morgan fingerprint density at radius 3 is 2.42 bits per heavy atom. The van der Waals surface area contributed by atoms with Gasteiger partial charge in [-0.15, -0.1) is 0 Å². The highest BCUT2D eigenvalue weighted by atomic mass is 16.5. The molecule has 0 radical (unpaired) electrons. The van der Waals surface area contributed by atoms with E-state index >= 15 is 0 Å². The van der Waals surface area contributed by atoms with Crippen LogP contribution in [0.15, 0.2) is 54.7 Å². The van der Waals surface area contributed by atoms with Crippen molar-refractivity contribution in [1.82, 2.24) is 4.57 Å². The second kappa shape index (κ2) is 14.0. The third-order valence-corrected chi connectivity index (χ3v) is 6.56. The van der Waals surface area contributed by atoms with Crippen LogP contribution < -0.4 is 0 Å². The minimum atomic E-state index is -0.800. The van der Waals surface area contributed by atoms with Crippen LogP contribution in [0.2, 0.25) is 0 Å². The molecule has 0 saturated carbocycles.